The molecular formula is C15H27N3. The lowest BCUT2D eigenvalue weighted by molar-refractivity contribution is 0.221. The SMILES string of the molecule is CC(C)C(N)c1ccn(CCN2CCCCC2)c1. The van der Waals surface area contributed by atoms with Crippen molar-refractivity contribution in [2.24, 2.45) is 11.7 Å². The zero-order valence-electron chi connectivity index (χ0n) is 11.8. The highest BCUT2D eigenvalue weighted by Crippen LogP contribution is 2.19. The third-order valence-corrected chi connectivity index (χ3v) is 4.00. The average molecular weight is 249 g/mol. The Balaban J connectivity index is 1.82. The van der Waals surface area contributed by atoms with Gasteiger partial charge in [0.25, 0.3) is 0 Å². The number of hydrogen-bond acceptors (Lipinski definition) is 2. The Labute approximate surface area is 111 Å². The predicted molar refractivity (Wildman–Crippen MR) is 76.5 cm³/mol. The third-order valence-electron chi connectivity index (χ3n) is 4.00. The van der Waals surface area contributed by atoms with Crippen molar-refractivity contribution in [1.82, 2.24) is 9.47 Å². The van der Waals surface area contributed by atoms with E-state index in [4.69, 9.17) is 5.73 Å². The summed E-state index contributed by atoms with van der Waals surface area (Å²) in [7, 11) is 0. The van der Waals surface area contributed by atoms with E-state index in [9.17, 15) is 0 Å². The molecule has 2 heterocycles. The lowest BCUT2D eigenvalue weighted by Gasteiger charge is -2.26. The molecule has 0 radical (unpaired) electrons. The molecule has 1 saturated heterocycles. The van der Waals surface area contributed by atoms with Crippen molar-refractivity contribution in [2.45, 2.75) is 45.7 Å². The van der Waals surface area contributed by atoms with Crippen LogP contribution in [0.25, 0.3) is 0 Å². The largest absolute Gasteiger partial charge is 0.353 e. The molecule has 1 aromatic rings. The minimum atomic E-state index is 0.168. The molecule has 102 valence electrons. The van der Waals surface area contributed by atoms with Gasteiger partial charge in [-0.1, -0.05) is 20.3 Å². The first-order valence-electron chi connectivity index (χ1n) is 7.30. The van der Waals surface area contributed by atoms with Crippen molar-refractivity contribution in [3.05, 3.63) is 24.0 Å². The summed E-state index contributed by atoms with van der Waals surface area (Å²) in [6.45, 7) is 9.17. The minimum Gasteiger partial charge on any atom is -0.353 e. The molecule has 0 aliphatic carbocycles. The van der Waals surface area contributed by atoms with Gasteiger partial charge in [-0.25, -0.2) is 0 Å². The molecule has 18 heavy (non-hydrogen) atoms. The molecule has 0 spiro atoms. The van der Waals surface area contributed by atoms with Gasteiger partial charge in [0.15, 0.2) is 0 Å². The van der Waals surface area contributed by atoms with E-state index < -0.39 is 0 Å². The van der Waals surface area contributed by atoms with Crippen molar-refractivity contribution in [1.29, 1.82) is 0 Å². The van der Waals surface area contributed by atoms with E-state index in [0.29, 0.717) is 5.92 Å². The zero-order valence-corrected chi connectivity index (χ0v) is 11.8. The molecule has 0 saturated carbocycles. The molecule has 1 aromatic heterocycles. The van der Waals surface area contributed by atoms with Crippen LogP contribution >= 0.6 is 0 Å². The lowest BCUT2D eigenvalue weighted by atomic mass is 10.00. The molecule has 2 rings (SSSR count). The van der Waals surface area contributed by atoms with E-state index in [1.54, 1.807) is 0 Å². The fourth-order valence-electron chi connectivity index (χ4n) is 2.62. The Bertz CT molecular complexity index is 350. The molecule has 3 nitrogen and oxygen atoms in total. The van der Waals surface area contributed by atoms with Crippen LogP contribution in [-0.4, -0.2) is 29.1 Å². The predicted octanol–water partition coefficient (Wildman–Crippen LogP) is 2.63. The summed E-state index contributed by atoms with van der Waals surface area (Å²) in [5, 5.41) is 0. The van der Waals surface area contributed by atoms with Crippen LogP contribution in [0.3, 0.4) is 0 Å². The van der Waals surface area contributed by atoms with Crippen molar-refractivity contribution in [2.75, 3.05) is 19.6 Å². The van der Waals surface area contributed by atoms with Crippen LogP contribution in [0.2, 0.25) is 0 Å². The Morgan fingerprint density at radius 2 is 1.89 bits per heavy atom. The summed E-state index contributed by atoms with van der Waals surface area (Å²) in [5.41, 5.74) is 7.43. The third kappa shape index (κ3) is 3.59. The maximum Gasteiger partial charge on any atom is 0.0347 e. The summed E-state index contributed by atoms with van der Waals surface area (Å²) in [6.07, 6.45) is 8.54. The van der Waals surface area contributed by atoms with Gasteiger partial charge in [0.2, 0.25) is 0 Å². The van der Waals surface area contributed by atoms with Gasteiger partial charge in [-0.2, -0.15) is 0 Å². The number of piperidine rings is 1. The molecule has 2 N–H and O–H groups in total. The first-order chi connectivity index (χ1) is 8.66. The van der Waals surface area contributed by atoms with Crippen LogP contribution in [0.1, 0.15) is 44.7 Å². The minimum absolute atomic E-state index is 0.168. The van der Waals surface area contributed by atoms with Gasteiger partial charge >= 0.3 is 0 Å². The van der Waals surface area contributed by atoms with E-state index in [2.05, 4.69) is 41.8 Å². The van der Waals surface area contributed by atoms with Gasteiger partial charge in [0.05, 0.1) is 0 Å². The van der Waals surface area contributed by atoms with Crippen molar-refractivity contribution in [3.63, 3.8) is 0 Å². The summed E-state index contributed by atoms with van der Waals surface area (Å²) < 4.78 is 2.28. The highest BCUT2D eigenvalue weighted by Gasteiger charge is 2.12. The van der Waals surface area contributed by atoms with E-state index >= 15 is 0 Å². The Hall–Kier alpha value is -0.800. The Kier molecular flexibility index (Phi) is 4.84. The van der Waals surface area contributed by atoms with Crippen LogP contribution in [-0.2, 0) is 6.54 Å². The second-order valence-corrected chi connectivity index (χ2v) is 5.85. The molecule has 1 unspecified atom stereocenters. The van der Waals surface area contributed by atoms with Crippen LogP contribution in [0.15, 0.2) is 18.5 Å². The van der Waals surface area contributed by atoms with Gasteiger partial charge in [-0.3, -0.25) is 0 Å². The number of nitrogens with zero attached hydrogens (tertiary/aromatic N) is 2. The first kappa shape index (κ1) is 13.6. The van der Waals surface area contributed by atoms with Crippen molar-refractivity contribution < 1.29 is 0 Å². The van der Waals surface area contributed by atoms with E-state index in [1.807, 2.05) is 0 Å². The smallest absolute Gasteiger partial charge is 0.0347 e. The van der Waals surface area contributed by atoms with Gasteiger partial charge in [0, 0.05) is 31.5 Å². The number of hydrogen-bond donors (Lipinski definition) is 1. The van der Waals surface area contributed by atoms with E-state index in [1.165, 1.54) is 44.5 Å². The Morgan fingerprint density at radius 3 is 2.56 bits per heavy atom. The molecule has 1 atom stereocenters. The highest BCUT2D eigenvalue weighted by molar-refractivity contribution is 5.15. The molecule has 0 amide bonds. The Morgan fingerprint density at radius 1 is 1.17 bits per heavy atom. The fraction of sp³-hybridized carbons (Fsp3) is 0.733. The topological polar surface area (TPSA) is 34.2 Å². The summed E-state index contributed by atoms with van der Waals surface area (Å²) in [4.78, 5) is 2.57. The number of rotatable bonds is 5. The molecule has 1 aliphatic heterocycles. The lowest BCUT2D eigenvalue weighted by Crippen LogP contribution is -2.32. The molecule has 3 heteroatoms. The highest BCUT2D eigenvalue weighted by atomic mass is 15.1. The standard InChI is InChI=1S/C15H27N3/c1-13(2)15(16)14-6-9-18(12-14)11-10-17-7-4-3-5-8-17/h6,9,12-13,15H,3-5,7-8,10-11,16H2,1-2H3. The van der Waals surface area contributed by atoms with Crippen LogP contribution in [0, 0.1) is 5.92 Å². The second kappa shape index (κ2) is 6.39. The summed E-state index contributed by atoms with van der Waals surface area (Å²) in [5.74, 6) is 0.503. The van der Waals surface area contributed by atoms with E-state index in [-0.39, 0.29) is 6.04 Å². The van der Waals surface area contributed by atoms with Crippen molar-refractivity contribution in [3.8, 4) is 0 Å². The second-order valence-electron chi connectivity index (χ2n) is 5.85. The summed E-state index contributed by atoms with van der Waals surface area (Å²) in [6, 6.07) is 2.34. The molecule has 1 fully saturated rings. The molecule has 1 aliphatic rings. The molecule has 0 aromatic carbocycles. The summed E-state index contributed by atoms with van der Waals surface area (Å²) >= 11 is 0. The van der Waals surface area contributed by atoms with Gasteiger partial charge in [0.1, 0.15) is 0 Å². The van der Waals surface area contributed by atoms with Gasteiger partial charge in [-0.15, -0.1) is 0 Å². The van der Waals surface area contributed by atoms with E-state index in [0.717, 1.165) is 6.54 Å². The number of likely N-dealkylation sites (tertiary alicyclic amines) is 1. The number of aromatic nitrogens is 1. The van der Waals surface area contributed by atoms with Crippen LogP contribution in [0.5, 0.6) is 0 Å². The normalized spacial score (nSPS) is 19.3. The maximum atomic E-state index is 6.17. The fourth-order valence-corrected chi connectivity index (χ4v) is 2.62. The average Bonchev–Trinajstić information content (AvgIpc) is 2.85. The quantitative estimate of drug-likeness (QED) is 0.870. The number of nitrogens with two attached hydrogens (primary N) is 1. The first-order valence-corrected chi connectivity index (χ1v) is 7.30. The molecular weight excluding hydrogens is 222 g/mol. The van der Waals surface area contributed by atoms with Crippen molar-refractivity contribution >= 4 is 0 Å². The monoisotopic (exact) mass is 249 g/mol. The molecule has 0 bridgehead atoms. The van der Waals surface area contributed by atoms with Gasteiger partial charge in [-0.05, 0) is 43.5 Å². The maximum absolute atomic E-state index is 6.17. The van der Waals surface area contributed by atoms with Crippen LogP contribution in [0.4, 0.5) is 0 Å². The van der Waals surface area contributed by atoms with Gasteiger partial charge < -0.3 is 15.2 Å². The van der Waals surface area contributed by atoms with Crippen LogP contribution < -0.4 is 5.73 Å². The zero-order chi connectivity index (χ0) is 13.0.